The Balaban J connectivity index is 1.90. The number of nitrogens with zero attached hydrogens (tertiary/aromatic N) is 1. The lowest BCUT2D eigenvalue weighted by Crippen LogP contribution is -2.24. The molecule has 0 atom stereocenters. The average Bonchev–Trinajstić information content (AvgIpc) is 2.54. The first-order valence-electron chi connectivity index (χ1n) is 6.83. The maximum Gasteiger partial charge on any atom is 0.277 e. The first-order chi connectivity index (χ1) is 11.9. The number of rotatable bonds is 6. The Hall–Kier alpha value is -0.900. The van der Waals surface area contributed by atoms with Crippen molar-refractivity contribution in [1.82, 2.24) is 5.43 Å². The molecular weight excluding hydrogens is 588 g/mol. The zero-order valence-electron chi connectivity index (χ0n) is 12.9. The predicted molar refractivity (Wildman–Crippen MR) is 111 cm³/mol. The Morgan fingerprint density at radius 3 is 2.40 bits per heavy atom. The molecule has 0 aliphatic heterocycles. The SMILES string of the molecule is COc1ccc(C=NNC(=O)COc2c(Br)cc(Br)cc2Br)cc1Br. The Kier molecular flexibility index (Phi) is 7.92. The van der Waals surface area contributed by atoms with Gasteiger partial charge in [0, 0.05) is 4.47 Å². The van der Waals surface area contributed by atoms with Gasteiger partial charge in [-0.1, -0.05) is 15.9 Å². The molecule has 0 bridgehead atoms. The molecule has 2 aromatic carbocycles. The minimum absolute atomic E-state index is 0.164. The Morgan fingerprint density at radius 1 is 1.12 bits per heavy atom. The molecule has 0 saturated heterocycles. The molecule has 0 fully saturated rings. The van der Waals surface area contributed by atoms with Crippen molar-refractivity contribution in [2.75, 3.05) is 13.7 Å². The second-order valence-corrected chi connectivity index (χ2v) is 8.15. The van der Waals surface area contributed by atoms with E-state index in [1.807, 2.05) is 24.3 Å². The van der Waals surface area contributed by atoms with Crippen LogP contribution in [0.3, 0.4) is 0 Å². The molecule has 1 amide bonds. The second kappa shape index (κ2) is 9.70. The number of halogens is 4. The molecule has 0 spiro atoms. The van der Waals surface area contributed by atoms with E-state index in [4.69, 9.17) is 9.47 Å². The van der Waals surface area contributed by atoms with Crippen LogP contribution in [-0.2, 0) is 4.79 Å². The third-order valence-electron chi connectivity index (χ3n) is 2.89. The number of amides is 1. The lowest BCUT2D eigenvalue weighted by atomic mass is 10.2. The van der Waals surface area contributed by atoms with E-state index in [2.05, 4.69) is 74.2 Å². The van der Waals surface area contributed by atoms with Crippen molar-refractivity contribution < 1.29 is 14.3 Å². The van der Waals surface area contributed by atoms with Crippen molar-refractivity contribution >= 4 is 75.8 Å². The number of benzene rings is 2. The summed E-state index contributed by atoms with van der Waals surface area (Å²) in [5.74, 6) is 0.896. The number of carbonyl (C=O) groups excluding carboxylic acids is 1. The van der Waals surface area contributed by atoms with Crippen LogP contribution in [0.2, 0.25) is 0 Å². The topological polar surface area (TPSA) is 59.9 Å². The van der Waals surface area contributed by atoms with Gasteiger partial charge < -0.3 is 9.47 Å². The van der Waals surface area contributed by atoms with Crippen LogP contribution in [0.25, 0.3) is 0 Å². The number of hydrogen-bond acceptors (Lipinski definition) is 4. The van der Waals surface area contributed by atoms with Crippen molar-refractivity contribution in [3.05, 3.63) is 53.8 Å². The van der Waals surface area contributed by atoms with E-state index < -0.39 is 0 Å². The van der Waals surface area contributed by atoms with Crippen LogP contribution < -0.4 is 14.9 Å². The summed E-state index contributed by atoms with van der Waals surface area (Å²) in [4.78, 5) is 11.8. The third-order valence-corrected chi connectivity index (χ3v) is 5.14. The third kappa shape index (κ3) is 6.09. The first kappa shape index (κ1) is 20.4. The number of methoxy groups -OCH3 is 1. The largest absolute Gasteiger partial charge is 0.496 e. The molecule has 1 N–H and O–H groups in total. The zero-order chi connectivity index (χ0) is 18.4. The molecule has 2 aromatic rings. The lowest BCUT2D eigenvalue weighted by molar-refractivity contribution is -0.123. The maximum absolute atomic E-state index is 11.8. The molecule has 0 aromatic heterocycles. The highest BCUT2D eigenvalue weighted by molar-refractivity contribution is 9.11. The normalized spacial score (nSPS) is 10.8. The van der Waals surface area contributed by atoms with Crippen LogP contribution in [0.5, 0.6) is 11.5 Å². The Labute approximate surface area is 178 Å². The molecule has 0 heterocycles. The van der Waals surface area contributed by atoms with Crippen molar-refractivity contribution in [2.45, 2.75) is 0 Å². The molecule has 0 aliphatic rings. The van der Waals surface area contributed by atoms with Crippen LogP contribution in [0.4, 0.5) is 0 Å². The van der Waals surface area contributed by atoms with Crippen molar-refractivity contribution in [1.29, 1.82) is 0 Å². The number of nitrogens with one attached hydrogen (secondary N) is 1. The highest BCUT2D eigenvalue weighted by atomic mass is 79.9. The molecule has 2 rings (SSSR count). The van der Waals surface area contributed by atoms with Gasteiger partial charge in [0.25, 0.3) is 5.91 Å². The molecule has 25 heavy (non-hydrogen) atoms. The summed E-state index contributed by atoms with van der Waals surface area (Å²) < 4.78 is 13.8. The maximum atomic E-state index is 11.8. The summed E-state index contributed by atoms with van der Waals surface area (Å²) in [5, 5.41) is 3.91. The van der Waals surface area contributed by atoms with Gasteiger partial charge in [-0.2, -0.15) is 5.10 Å². The number of hydrogen-bond donors (Lipinski definition) is 1. The van der Waals surface area contributed by atoms with E-state index in [1.165, 1.54) is 6.21 Å². The Bertz CT molecular complexity index is 789. The van der Waals surface area contributed by atoms with Crippen molar-refractivity contribution in [2.24, 2.45) is 5.10 Å². The van der Waals surface area contributed by atoms with Gasteiger partial charge in [0.05, 0.1) is 26.7 Å². The molecule has 132 valence electrons. The Morgan fingerprint density at radius 2 is 1.80 bits per heavy atom. The van der Waals surface area contributed by atoms with E-state index in [0.29, 0.717) is 5.75 Å². The fourth-order valence-corrected chi connectivity index (χ4v) is 4.82. The minimum atomic E-state index is -0.370. The molecular formula is C16H12Br4N2O3. The van der Waals surface area contributed by atoms with Crippen molar-refractivity contribution in [3.8, 4) is 11.5 Å². The smallest absolute Gasteiger partial charge is 0.277 e. The minimum Gasteiger partial charge on any atom is -0.496 e. The highest BCUT2D eigenvalue weighted by Gasteiger charge is 2.10. The molecule has 0 aliphatic carbocycles. The van der Waals surface area contributed by atoms with E-state index >= 15 is 0 Å². The van der Waals surface area contributed by atoms with Gasteiger partial charge in [0.15, 0.2) is 6.61 Å². The van der Waals surface area contributed by atoms with Crippen LogP contribution in [-0.4, -0.2) is 25.8 Å². The molecule has 0 unspecified atom stereocenters. The van der Waals surface area contributed by atoms with E-state index in [-0.39, 0.29) is 12.5 Å². The summed E-state index contributed by atoms with van der Waals surface area (Å²) in [7, 11) is 1.59. The van der Waals surface area contributed by atoms with Crippen LogP contribution >= 0.6 is 63.7 Å². The fourth-order valence-electron chi connectivity index (χ4n) is 1.78. The summed E-state index contributed by atoms with van der Waals surface area (Å²) in [5.41, 5.74) is 3.23. The molecule has 0 saturated carbocycles. The number of ether oxygens (including phenoxy) is 2. The summed E-state index contributed by atoms with van der Waals surface area (Å²) in [6, 6.07) is 9.13. The highest BCUT2D eigenvalue weighted by Crippen LogP contribution is 2.36. The van der Waals surface area contributed by atoms with Gasteiger partial charge >= 0.3 is 0 Å². The van der Waals surface area contributed by atoms with Gasteiger partial charge in [-0.05, 0) is 83.7 Å². The monoisotopic (exact) mass is 596 g/mol. The van der Waals surface area contributed by atoms with Crippen LogP contribution in [0, 0.1) is 0 Å². The van der Waals surface area contributed by atoms with Crippen molar-refractivity contribution in [3.63, 3.8) is 0 Å². The lowest BCUT2D eigenvalue weighted by Gasteiger charge is -2.10. The second-order valence-electron chi connectivity index (χ2n) is 4.67. The van der Waals surface area contributed by atoms with E-state index in [9.17, 15) is 4.79 Å². The number of carbonyl (C=O) groups is 1. The van der Waals surface area contributed by atoms with Gasteiger partial charge in [0.1, 0.15) is 11.5 Å². The zero-order valence-corrected chi connectivity index (χ0v) is 19.2. The summed E-state index contributed by atoms with van der Waals surface area (Å²) in [6.45, 7) is -0.164. The van der Waals surface area contributed by atoms with Gasteiger partial charge in [0.2, 0.25) is 0 Å². The first-order valence-corrected chi connectivity index (χ1v) is 10.0. The number of hydrazone groups is 1. The van der Waals surface area contributed by atoms with E-state index in [1.54, 1.807) is 13.2 Å². The summed E-state index contributed by atoms with van der Waals surface area (Å²) in [6.07, 6.45) is 1.54. The summed E-state index contributed by atoms with van der Waals surface area (Å²) >= 11 is 13.5. The molecule has 5 nitrogen and oxygen atoms in total. The van der Waals surface area contributed by atoms with Gasteiger partial charge in [-0.15, -0.1) is 0 Å². The fraction of sp³-hybridized carbons (Fsp3) is 0.125. The predicted octanol–water partition coefficient (Wildman–Crippen LogP) is 5.27. The molecule has 9 heteroatoms. The quantitative estimate of drug-likeness (QED) is 0.364. The molecule has 0 radical (unpaired) electrons. The van der Waals surface area contributed by atoms with E-state index in [0.717, 1.165) is 29.2 Å². The average molecular weight is 600 g/mol. The van der Waals surface area contributed by atoms with Crippen LogP contribution in [0.1, 0.15) is 5.56 Å². The van der Waals surface area contributed by atoms with Gasteiger partial charge in [-0.3, -0.25) is 4.79 Å². The van der Waals surface area contributed by atoms with Crippen LogP contribution in [0.15, 0.2) is 53.3 Å². The standard InChI is InChI=1S/C16H12Br4N2O3/c1-24-14-3-2-9(4-11(14)18)7-21-22-15(23)8-25-16-12(19)5-10(17)6-13(16)20/h2-7H,8H2,1H3,(H,22,23). The van der Waals surface area contributed by atoms with Gasteiger partial charge in [-0.25, -0.2) is 5.43 Å².